The number of carboxylic acid groups (broad SMARTS) is 1. The van der Waals surface area contributed by atoms with Crippen molar-refractivity contribution in [2.45, 2.75) is 32.7 Å². The summed E-state index contributed by atoms with van der Waals surface area (Å²) in [6.45, 7) is 3.14. The van der Waals surface area contributed by atoms with E-state index >= 15 is 0 Å². The molecule has 1 atom stereocenters. The van der Waals surface area contributed by atoms with Crippen molar-refractivity contribution in [1.29, 1.82) is 0 Å². The van der Waals surface area contributed by atoms with Gasteiger partial charge in [0.2, 0.25) is 11.8 Å². The first-order valence-corrected chi connectivity index (χ1v) is 6.73. The van der Waals surface area contributed by atoms with Crippen LogP contribution in [-0.4, -0.2) is 35.5 Å². The van der Waals surface area contributed by atoms with Gasteiger partial charge in [0, 0.05) is 6.42 Å². The Balaban J connectivity index is 2.26. The van der Waals surface area contributed by atoms with Gasteiger partial charge in [0.1, 0.15) is 6.04 Å². The molecule has 2 amide bonds. The number of aryl methyl sites for hydroxylation is 2. The third-order valence-electron chi connectivity index (χ3n) is 2.96. The van der Waals surface area contributed by atoms with Crippen LogP contribution in [0.15, 0.2) is 24.3 Å². The Morgan fingerprint density at radius 1 is 1.14 bits per heavy atom. The minimum atomic E-state index is -1.12. The second-order valence-corrected chi connectivity index (χ2v) is 4.89. The van der Waals surface area contributed by atoms with E-state index < -0.39 is 17.9 Å². The lowest BCUT2D eigenvalue weighted by atomic mass is 10.1. The van der Waals surface area contributed by atoms with Crippen molar-refractivity contribution in [1.82, 2.24) is 10.6 Å². The van der Waals surface area contributed by atoms with Gasteiger partial charge in [-0.3, -0.25) is 14.4 Å². The zero-order chi connectivity index (χ0) is 15.8. The van der Waals surface area contributed by atoms with Gasteiger partial charge in [0.05, 0.1) is 6.54 Å². The van der Waals surface area contributed by atoms with Gasteiger partial charge >= 0.3 is 5.97 Å². The van der Waals surface area contributed by atoms with E-state index in [-0.39, 0.29) is 18.9 Å². The summed E-state index contributed by atoms with van der Waals surface area (Å²) in [5.74, 6) is -1.88. The minimum Gasteiger partial charge on any atom is -0.480 e. The number of hydrogen-bond acceptors (Lipinski definition) is 3. The van der Waals surface area contributed by atoms with E-state index in [0.29, 0.717) is 6.42 Å². The van der Waals surface area contributed by atoms with E-state index in [0.717, 1.165) is 11.1 Å². The van der Waals surface area contributed by atoms with Crippen LogP contribution in [0, 0.1) is 6.92 Å². The van der Waals surface area contributed by atoms with Crippen LogP contribution in [-0.2, 0) is 20.8 Å². The Labute approximate surface area is 123 Å². The van der Waals surface area contributed by atoms with Crippen LogP contribution in [0.2, 0.25) is 0 Å². The Morgan fingerprint density at radius 3 is 2.33 bits per heavy atom. The first-order chi connectivity index (χ1) is 9.88. The fraction of sp³-hybridized carbons (Fsp3) is 0.400. The second kappa shape index (κ2) is 8.04. The molecule has 0 spiro atoms. The number of benzene rings is 1. The number of carbonyl (C=O) groups is 3. The highest BCUT2D eigenvalue weighted by molar-refractivity contribution is 5.87. The monoisotopic (exact) mass is 292 g/mol. The summed E-state index contributed by atoms with van der Waals surface area (Å²) in [4.78, 5) is 33.5. The normalized spacial score (nSPS) is 11.5. The molecule has 0 aliphatic rings. The summed E-state index contributed by atoms with van der Waals surface area (Å²) >= 11 is 0. The van der Waals surface area contributed by atoms with Gasteiger partial charge in [-0.2, -0.15) is 0 Å². The van der Waals surface area contributed by atoms with Crippen LogP contribution in [0.1, 0.15) is 24.5 Å². The fourth-order valence-corrected chi connectivity index (χ4v) is 1.63. The van der Waals surface area contributed by atoms with Gasteiger partial charge < -0.3 is 15.7 Å². The topological polar surface area (TPSA) is 95.5 Å². The van der Waals surface area contributed by atoms with Crippen LogP contribution in [0.3, 0.4) is 0 Å². The van der Waals surface area contributed by atoms with Crippen LogP contribution >= 0.6 is 0 Å². The van der Waals surface area contributed by atoms with E-state index in [1.165, 1.54) is 6.92 Å². The quantitative estimate of drug-likeness (QED) is 0.687. The van der Waals surface area contributed by atoms with E-state index in [1.807, 2.05) is 31.2 Å². The predicted octanol–water partition coefficient (Wildman–Crippen LogP) is 0.633. The largest absolute Gasteiger partial charge is 0.480 e. The van der Waals surface area contributed by atoms with Crippen molar-refractivity contribution in [3.63, 3.8) is 0 Å². The molecule has 0 fully saturated rings. The Kier molecular flexibility index (Phi) is 6.39. The molecule has 6 heteroatoms. The average molecular weight is 292 g/mol. The van der Waals surface area contributed by atoms with Gasteiger partial charge in [-0.15, -0.1) is 0 Å². The molecule has 6 nitrogen and oxygen atoms in total. The average Bonchev–Trinajstić information content (AvgIpc) is 2.44. The van der Waals surface area contributed by atoms with Crippen LogP contribution in [0.4, 0.5) is 0 Å². The molecule has 0 heterocycles. The van der Waals surface area contributed by atoms with Gasteiger partial charge in [-0.05, 0) is 25.8 Å². The van der Waals surface area contributed by atoms with Crippen molar-refractivity contribution in [2.75, 3.05) is 6.54 Å². The smallest absolute Gasteiger partial charge is 0.325 e. The van der Waals surface area contributed by atoms with Crippen LogP contribution in [0.5, 0.6) is 0 Å². The lowest BCUT2D eigenvalue weighted by Crippen LogP contribution is -2.44. The Hall–Kier alpha value is -2.37. The molecule has 3 N–H and O–H groups in total. The molecule has 21 heavy (non-hydrogen) atoms. The lowest BCUT2D eigenvalue weighted by Gasteiger charge is -2.10. The third kappa shape index (κ3) is 6.56. The van der Waals surface area contributed by atoms with Crippen molar-refractivity contribution >= 4 is 17.8 Å². The highest BCUT2D eigenvalue weighted by atomic mass is 16.4. The molecule has 0 unspecified atom stereocenters. The molecule has 0 saturated carbocycles. The summed E-state index contributed by atoms with van der Waals surface area (Å²) in [6, 6.07) is 6.91. The standard InChI is InChI=1S/C15H20N2O4/c1-10-3-5-12(6-4-10)7-8-13(18)16-9-14(19)17-11(2)15(20)21/h3-6,11H,7-9H2,1-2H3,(H,16,18)(H,17,19)(H,20,21)/t11-/m0/s1. The van der Waals surface area contributed by atoms with E-state index in [4.69, 9.17) is 5.11 Å². The maximum absolute atomic E-state index is 11.6. The van der Waals surface area contributed by atoms with Crippen LogP contribution < -0.4 is 10.6 Å². The molecule has 114 valence electrons. The first-order valence-electron chi connectivity index (χ1n) is 6.73. The number of hydrogen-bond donors (Lipinski definition) is 3. The molecular formula is C15H20N2O4. The van der Waals surface area contributed by atoms with Crippen molar-refractivity contribution < 1.29 is 19.5 Å². The number of nitrogens with one attached hydrogen (secondary N) is 2. The van der Waals surface area contributed by atoms with Gasteiger partial charge in [0.25, 0.3) is 0 Å². The van der Waals surface area contributed by atoms with E-state index in [9.17, 15) is 14.4 Å². The maximum atomic E-state index is 11.6. The number of carbonyl (C=O) groups excluding carboxylic acids is 2. The number of rotatable bonds is 7. The summed E-state index contributed by atoms with van der Waals surface area (Å²) in [7, 11) is 0. The number of carboxylic acids is 1. The van der Waals surface area contributed by atoms with Gasteiger partial charge in [0.15, 0.2) is 0 Å². The third-order valence-corrected chi connectivity index (χ3v) is 2.96. The summed E-state index contributed by atoms with van der Waals surface area (Å²) in [5.41, 5.74) is 2.21. The molecule has 0 saturated heterocycles. The highest BCUT2D eigenvalue weighted by Gasteiger charge is 2.14. The minimum absolute atomic E-state index is 0.218. The Bertz CT molecular complexity index is 511. The molecular weight excluding hydrogens is 272 g/mol. The van der Waals surface area contributed by atoms with Crippen LogP contribution in [0.25, 0.3) is 0 Å². The van der Waals surface area contributed by atoms with E-state index in [1.54, 1.807) is 0 Å². The molecule has 0 aromatic heterocycles. The second-order valence-electron chi connectivity index (χ2n) is 4.89. The summed E-state index contributed by atoms with van der Waals surface area (Å²) in [6.07, 6.45) is 0.879. The van der Waals surface area contributed by atoms with E-state index in [2.05, 4.69) is 10.6 Å². The van der Waals surface area contributed by atoms with Crippen molar-refractivity contribution in [2.24, 2.45) is 0 Å². The van der Waals surface area contributed by atoms with Crippen molar-refractivity contribution in [3.8, 4) is 0 Å². The molecule has 0 radical (unpaired) electrons. The fourth-order valence-electron chi connectivity index (χ4n) is 1.63. The molecule has 0 aliphatic carbocycles. The molecule has 1 aromatic rings. The number of amides is 2. The lowest BCUT2D eigenvalue weighted by molar-refractivity contribution is -0.141. The molecule has 0 bridgehead atoms. The predicted molar refractivity (Wildman–Crippen MR) is 77.8 cm³/mol. The highest BCUT2D eigenvalue weighted by Crippen LogP contribution is 2.05. The molecule has 0 aliphatic heterocycles. The summed E-state index contributed by atoms with van der Waals surface area (Å²) in [5, 5.41) is 13.4. The number of aliphatic carboxylic acids is 1. The van der Waals surface area contributed by atoms with Gasteiger partial charge in [-0.1, -0.05) is 29.8 Å². The Morgan fingerprint density at radius 2 is 1.76 bits per heavy atom. The maximum Gasteiger partial charge on any atom is 0.325 e. The molecule has 1 aromatic carbocycles. The zero-order valence-electron chi connectivity index (χ0n) is 12.2. The molecule has 1 rings (SSSR count). The summed E-state index contributed by atoms with van der Waals surface area (Å²) < 4.78 is 0. The van der Waals surface area contributed by atoms with Crippen molar-refractivity contribution in [3.05, 3.63) is 35.4 Å². The van der Waals surface area contributed by atoms with Gasteiger partial charge in [-0.25, -0.2) is 0 Å². The first kappa shape index (κ1) is 16.7. The zero-order valence-corrected chi connectivity index (χ0v) is 12.2. The SMILES string of the molecule is Cc1ccc(CCC(=O)NCC(=O)N[C@@H](C)C(=O)O)cc1.